The third-order valence-corrected chi connectivity index (χ3v) is 2.34. The molecule has 76 valence electrons. The molecule has 3 nitrogen and oxygen atoms in total. The molecule has 0 radical (unpaired) electrons. The van der Waals surface area contributed by atoms with Crippen LogP contribution in [0.1, 0.15) is 17.6 Å². The number of aldehydes is 1. The number of hydrogen-bond donors (Lipinski definition) is 0. The molecular weight excluding hydrogens is 190 g/mol. The molecule has 3 heteroatoms. The predicted octanol–water partition coefficient (Wildman–Crippen LogP) is 2.26. The fraction of sp³-hybridized carbons (Fsp3) is 0.167. The molecule has 0 N–H and O–H groups in total. The second kappa shape index (κ2) is 4.09. The van der Waals surface area contributed by atoms with Gasteiger partial charge in [-0.15, -0.1) is 0 Å². The molecule has 0 aliphatic rings. The normalized spacial score (nSPS) is 10.4. The molecule has 0 unspecified atom stereocenters. The van der Waals surface area contributed by atoms with Crippen LogP contribution in [0.5, 0.6) is 0 Å². The molecule has 0 saturated heterocycles. The molecule has 1 aromatic heterocycles. The maximum Gasteiger partial charge on any atom is 0.231 e. The number of carbonyl (C=O) groups excluding carboxylic acids is 2. The van der Waals surface area contributed by atoms with Crippen molar-refractivity contribution in [1.29, 1.82) is 0 Å². The molecule has 15 heavy (non-hydrogen) atoms. The van der Waals surface area contributed by atoms with Crippen molar-refractivity contribution in [2.24, 2.45) is 0 Å². The number of aromatic nitrogens is 1. The Kier molecular flexibility index (Phi) is 2.63. The predicted molar refractivity (Wildman–Crippen MR) is 57.9 cm³/mol. The van der Waals surface area contributed by atoms with Crippen molar-refractivity contribution in [1.82, 2.24) is 4.57 Å². The van der Waals surface area contributed by atoms with Gasteiger partial charge in [-0.2, -0.15) is 0 Å². The van der Waals surface area contributed by atoms with Gasteiger partial charge in [-0.05, 0) is 12.1 Å². The second-order valence-corrected chi connectivity index (χ2v) is 3.34. The van der Waals surface area contributed by atoms with Crippen LogP contribution in [0.3, 0.4) is 0 Å². The molecule has 0 aliphatic heterocycles. The number of hydrogen-bond acceptors (Lipinski definition) is 2. The highest BCUT2D eigenvalue weighted by atomic mass is 16.2. The summed E-state index contributed by atoms with van der Waals surface area (Å²) >= 11 is 0. The van der Waals surface area contributed by atoms with Crippen molar-refractivity contribution in [3.05, 3.63) is 36.5 Å². The van der Waals surface area contributed by atoms with Crippen LogP contribution in [0.4, 0.5) is 0 Å². The summed E-state index contributed by atoms with van der Waals surface area (Å²) in [6, 6.07) is 9.58. The van der Waals surface area contributed by atoms with Gasteiger partial charge in [0.05, 0.1) is 5.52 Å². The minimum Gasteiger partial charge on any atom is -0.303 e. The smallest absolute Gasteiger partial charge is 0.231 e. The zero-order chi connectivity index (χ0) is 10.7. The summed E-state index contributed by atoms with van der Waals surface area (Å²) in [7, 11) is 0. The summed E-state index contributed by atoms with van der Waals surface area (Å²) in [4.78, 5) is 21.9. The van der Waals surface area contributed by atoms with Crippen molar-refractivity contribution in [3.8, 4) is 0 Å². The standard InChI is InChI=1S/C12H11NO2/c14-9-3-6-12(15)13-8-7-10-4-1-2-5-11(10)13/h1-2,4-5,7-9H,3,6H2. The van der Waals surface area contributed by atoms with E-state index in [0.29, 0.717) is 0 Å². The van der Waals surface area contributed by atoms with Crippen molar-refractivity contribution >= 4 is 23.1 Å². The summed E-state index contributed by atoms with van der Waals surface area (Å²) in [5.41, 5.74) is 0.897. The second-order valence-electron chi connectivity index (χ2n) is 3.34. The highest BCUT2D eigenvalue weighted by molar-refractivity contribution is 5.92. The molecule has 1 heterocycles. The van der Waals surface area contributed by atoms with Crippen LogP contribution in [0, 0.1) is 0 Å². The van der Waals surface area contributed by atoms with Gasteiger partial charge in [0.15, 0.2) is 0 Å². The first kappa shape index (κ1) is 9.65. The van der Waals surface area contributed by atoms with Gasteiger partial charge in [-0.1, -0.05) is 18.2 Å². The number of fused-ring (bicyclic) bond motifs is 1. The van der Waals surface area contributed by atoms with E-state index in [-0.39, 0.29) is 18.7 Å². The lowest BCUT2D eigenvalue weighted by Gasteiger charge is -2.01. The first-order chi connectivity index (χ1) is 7.33. The Labute approximate surface area is 87.3 Å². The summed E-state index contributed by atoms with van der Waals surface area (Å²) < 4.78 is 1.60. The summed E-state index contributed by atoms with van der Waals surface area (Å²) in [5.74, 6) is -0.0386. The van der Waals surface area contributed by atoms with Crippen LogP contribution >= 0.6 is 0 Å². The van der Waals surface area contributed by atoms with Crippen LogP contribution in [0.2, 0.25) is 0 Å². The van der Waals surface area contributed by atoms with E-state index in [1.54, 1.807) is 10.8 Å². The van der Waals surface area contributed by atoms with Crippen molar-refractivity contribution in [2.75, 3.05) is 0 Å². The van der Waals surface area contributed by atoms with Gasteiger partial charge in [0.1, 0.15) is 6.29 Å². The van der Waals surface area contributed by atoms with Crippen molar-refractivity contribution in [3.63, 3.8) is 0 Å². The van der Waals surface area contributed by atoms with Gasteiger partial charge in [0, 0.05) is 24.4 Å². The van der Waals surface area contributed by atoms with Crippen LogP contribution in [-0.2, 0) is 4.79 Å². The number of benzene rings is 1. The summed E-state index contributed by atoms with van der Waals surface area (Å²) in [6.45, 7) is 0. The maximum atomic E-state index is 11.7. The van der Waals surface area contributed by atoms with E-state index < -0.39 is 0 Å². The molecule has 2 aromatic rings. The highest BCUT2D eigenvalue weighted by Gasteiger charge is 2.07. The Hall–Kier alpha value is -1.90. The fourth-order valence-electron chi connectivity index (χ4n) is 1.60. The van der Waals surface area contributed by atoms with Crippen LogP contribution in [0.15, 0.2) is 36.5 Å². The lowest BCUT2D eigenvalue weighted by atomic mass is 10.2. The number of para-hydroxylation sites is 1. The van der Waals surface area contributed by atoms with Gasteiger partial charge < -0.3 is 4.79 Å². The zero-order valence-corrected chi connectivity index (χ0v) is 8.22. The Morgan fingerprint density at radius 1 is 1.27 bits per heavy atom. The number of rotatable bonds is 3. The minimum atomic E-state index is -0.0386. The number of nitrogens with zero attached hydrogens (tertiary/aromatic N) is 1. The topological polar surface area (TPSA) is 39.1 Å². The molecule has 0 spiro atoms. The molecular formula is C12H11NO2. The van der Waals surface area contributed by atoms with E-state index >= 15 is 0 Å². The quantitative estimate of drug-likeness (QED) is 0.714. The fourth-order valence-corrected chi connectivity index (χ4v) is 1.60. The van der Waals surface area contributed by atoms with Crippen molar-refractivity contribution < 1.29 is 9.59 Å². The van der Waals surface area contributed by atoms with Gasteiger partial charge in [0.2, 0.25) is 5.91 Å². The van der Waals surface area contributed by atoms with Gasteiger partial charge in [-0.3, -0.25) is 9.36 Å². The summed E-state index contributed by atoms with van der Waals surface area (Å²) in [6.07, 6.45) is 3.06. The van der Waals surface area contributed by atoms with Crippen molar-refractivity contribution in [2.45, 2.75) is 12.8 Å². The van der Waals surface area contributed by atoms with E-state index in [9.17, 15) is 9.59 Å². The maximum absolute atomic E-state index is 11.7. The Bertz CT molecular complexity index is 499. The van der Waals surface area contributed by atoms with Crippen LogP contribution in [0.25, 0.3) is 10.9 Å². The average molecular weight is 201 g/mol. The third-order valence-electron chi connectivity index (χ3n) is 2.34. The molecule has 0 aliphatic carbocycles. The Balaban J connectivity index is 2.35. The molecule has 2 rings (SSSR count). The molecule has 0 amide bonds. The highest BCUT2D eigenvalue weighted by Crippen LogP contribution is 2.15. The van der Waals surface area contributed by atoms with Gasteiger partial charge in [0.25, 0.3) is 0 Å². The van der Waals surface area contributed by atoms with Crippen LogP contribution in [-0.4, -0.2) is 16.8 Å². The lowest BCUT2D eigenvalue weighted by molar-refractivity contribution is -0.107. The largest absolute Gasteiger partial charge is 0.303 e. The van der Waals surface area contributed by atoms with E-state index in [4.69, 9.17) is 0 Å². The van der Waals surface area contributed by atoms with E-state index in [1.807, 2.05) is 30.3 Å². The SMILES string of the molecule is O=CCCC(=O)n1ccc2ccccc21. The molecule has 0 fully saturated rings. The Morgan fingerprint density at radius 3 is 2.87 bits per heavy atom. The first-order valence-corrected chi connectivity index (χ1v) is 4.86. The van der Waals surface area contributed by atoms with Gasteiger partial charge in [-0.25, -0.2) is 0 Å². The molecule has 1 aromatic carbocycles. The minimum absolute atomic E-state index is 0.0386. The van der Waals surface area contributed by atoms with E-state index in [2.05, 4.69) is 0 Å². The lowest BCUT2D eigenvalue weighted by Crippen LogP contribution is -2.08. The van der Waals surface area contributed by atoms with E-state index in [0.717, 1.165) is 17.2 Å². The van der Waals surface area contributed by atoms with Crippen LogP contribution < -0.4 is 0 Å². The average Bonchev–Trinajstić information content (AvgIpc) is 2.69. The van der Waals surface area contributed by atoms with E-state index in [1.165, 1.54) is 0 Å². The molecule has 0 saturated carbocycles. The zero-order valence-electron chi connectivity index (χ0n) is 8.22. The number of carbonyl (C=O) groups is 2. The third kappa shape index (κ3) is 1.81. The monoisotopic (exact) mass is 201 g/mol. The van der Waals surface area contributed by atoms with Gasteiger partial charge >= 0.3 is 0 Å². The molecule has 0 atom stereocenters. The Morgan fingerprint density at radius 2 is 2.07 bits per heavy atom. The molecule has 0 bridgehead atoms. The first-order valence-electron chi connectivity index (χ1n) is 4.86. The summed E-state index contributed by atoms with van der Waals surface area (Å²) in [5, 5.41) is 1.04.